The van der Waals surface area contributed by atoms with Crippen LogP contribution in [0, 0.1) is 0 Å². The van der Waals surface area contributed by atoms with Gasteiger partial charge in [-0.05, 0) is 6.42 Å². The molecular weight excluding hydrogens is 248 g/mol. The van der Waals surface area contributed by atoms with Gasteiger partial charge in [0, 0.05) is 19.6 Å². The van der Waals surface area contributed by atoms with E-state index < -0.39 is 21.4 Å². The second-order valence-electron chi connectivity index (χ2n) is 4.27. The predicted molar refractivity (Wildman–Crippen MR) is 59.1 cm³/mol. The molecule has 2 atom stereocenters. The average molecular weight is 264 g/mol. The van der Waals surface area contributed by atoms with E-state index >= 15 is 0 Å². The van der Waals surface area contributed by atoms with E-state index in [1.165, 1.54) is 0 Å². The highest BCUT2D eigenvalue weighted by atomic mass is 32.2. The average Bonchev–Trinajstić information content (AvgIpc) is 2.78. The van der Waals surface area contributed by atoms with E-state index in [-0.39, 0.29) is 18.9 Å². The minimum atomic E-state index is -4.06. The van der Waals surface area contributed by atoms with Gasteiger partial charge in [0.1, 0.15) is 5.25 Å². The first-order valence-electron chi connectivity index (χ1n) is 5.54. The molecule has 1 amide bonds. The third-order valence-corrected chi connectivity index (χ3v) is 4.33. The fraction of sp³-hybridized carbons (Fsp3) is 0.889. The molecule has 0 spiro atoms. The first kappa shape index (κ1) is 12.7. The summed E-state index contributed by atoms with van der Waals surface area (Å²) in [5.41, 5.74) is 0. The molecule has 8 heteroatoms. The van der Waals surface area contributed by atoms with Crippen LogP contribution in [-0.4, -0.2) is 67.9 Å². The van der Waals surface area contributed by atoms with Gasteiger partial charge in [-0.25, -0.2) is 0 Å². The molecule has 2 aliphatic heterocycles. The number of amides is 1. The molecule has 2 N–H and O–H groups in total. The molecule has 7 nitrogen and oxygen atoms in total. The van der Waals surface area contributed by atoms with Gasteiger partial charge in [-0.3, -0.25) is 9.35 Å². The molecule has 0 saturated carbocycles. The van der Waals surface area contributed by atoms with Crippen LogP contribution < -0.4 is 5.32 Å². The van der Waals surface area contributed by atoms with Crippen LogP contribution in [0.15, 0.2) is 0 Å². The van der Waals surface area contributed by atoms with Crippen LogP contribution in [0.2, 0.25) is 0 Å². The molecule has 2 aliphatic rings. The lowest BCUT2D eigenvalue weighted by Crippen LogP contribution is -2.48. The van der Waals surface area contributed by atoms with Crippen LogP contribution in [0.25, 0.3) is 0 Å². The first-order valence-corrected chi connectivity index (χ1v) is 7.05. The fourth-order valence-corrected chi connectivity index (χ4v) is 2.86. The molecule has 0 radical (unpaired) electrons. The lowest BCUT2D eigenvalue weighted by molar-refractivity contribution is -0.137. The Kier molecular flexibility index (Phi) is 3.67. The SMILES string of the molecule is O=C([C@@H]1C[C@H](S(=O)(=O)O)CN1)N1CCOCC1. The van der Waals surface area contributed by atoms with E-state index in [1.807, 2.05) is 0 Å². The predicted octanol–water partition coefficient (Wildman–Crippen LogP) is -1.54. The number of ether oxygens (including phenoxy) is 1. The second-order valence-corrected chi connectivity index (χ2v) is 5.97. The number of nitrogens with one attached hydrogen (secondary N) is 1. The Bertz CT molecular complexity index is 390. The third-order valence-electron chi connectivity index (χ3n) is 3.13. The standard InChI is InChI=1S/C9H16N2O5S/c12-9(11-1-3-16-4-2-11)8-5-7(6-10-8)17(13,14)15/h7-8,10H,1-6H2,(H,13,14,15)/t7-,8-/m0/s1. The number of hydrogen-bond acceptors (Lipinski definition) is 5. The molecular formula is C9H16N2O5S. The van der Waals surface area contributed by atoms with Crippen LogP contribution in [-0.2, 0) is 19.6 Å². The summed E-state index contributed by atoms with van der Waals surface area (Å²) in [7, 11) is -4.06. The Balaban J connectivity index is 1.93. The molecule has 0 aromatic heterocycles. The van der Waals surface area contributed by atoms with Crippen LogP contribution in [0.3, 0.4) is 0 Å². The van der Waals surface area contributed by atoms with E-state index in [0.29, 0.717) is 26.3 Å². The van der Waals surface area contributed by atoms with Gasteiger partial charge in [0.05, 0.1) is 19.3 Å². The van der Waals surface area contributed by atoms with Crippen molar-refractivity contribution in [2.24, 2.45) is 0 Å². The van der Waals surface area contributed by atoms with Crippen molar-refractivity contribution in [3.63, 3.8) is 0 Å². The van der Waals surface area contributed by atoms with Gasteiger partial charge in [0.2, 0.25) is 5.91 Å². The molecule has 98 valence electrons. The van der Waals surface area contributed by atoms with Crippen molar-refractivity contribution in [1.82, 2.24) is 10.2 Å². The summed E-state index contributed by atoms with van der Waals surface area (Å²) in [6.07, 6.45) is 0.134. The lowest BCUT2D eigenvalue weighted by atomic mass is 10.2. The van der Waals surface area contributed by atoms with Gasteiger partial charge >= 0.3 is 0 Å². The van der Waals surface area contributed by atoms with Crippen LogP contribution in [0.5, 0.6) is 0 Å². The highest BCUT2D eigenvalue weighted by Gasteiger charge is 2.38. The van der Waals surface area contributed by atoms with E-state index in [1.54, 1.807) is 4.90 Å². The van der Waals surface area contributed by atoms with Crippen molar-refractivity contribution >= 4 is 16.0 Å². The molecule has 2 fully saturated rings. The maximum absolute atomic E-state index is 12.0. The van der Waals surface area contributed by atoms with E-state index in [4.69, 9.17) is 9.29 Å². The molecule has 2 heterocycles. The smallest absolute Gasteiger partial charge is 0.269 e. The Morgan fingerprint density at radius 3 is 2.53 bits per heavy atom. The first-order chi connectivity index (χ1) is 7.98. The van der Waals surface area contributed by atoms with Crippen LogP contribution in [0.1, 0.15) is 6.42 Å². The molecule has 0 bridgehead atoms. The van der Waals surface area contributed by atoms with Crippen molar-refractivity contribution in [3.05, 3.63) is 0 Å². The molecule has 17 heavy (non-hydrogen) atoms. The van der Waals surface area contributed by atoms with Gasteiger partial charge in [-0.2, -0.15) is 8.42 Å². The number of hydrogen-bond donors (Lipinski definition) is 2. The minimum absolute atomic E-state index is 0.112. The quantitative estimate of drug-likeness (QED) is 0.587. The molecule has 2 saturated heterocycles. The van der Waals surface area contributed by atoms with Crippen LogP contribution >= 0.6 is 0 Å². The van der Waals surface area contributed by atoms with Crippen molar-refractivity contribution in [1.29, 1.82) is 0 Å². The third kappa shape index (κ3) is 2.95. The van der Waals surface area contributed by atoms with Gasteiger partial charge < -0.3 is 15.0 Å². The van der Waals surface area contributed by atoms with Crippen molar-refractivity contribution in [2.45, 2.75) is 17.7 Å². The molecule has 0 aromatic rings. The van der Waals surface area contributed by atoms with Crippen molar-refractivity contribution in [2.75, 3.05) is 32.8 Å². The Morgan fingerprint density at radius 1 is 1.35 bits per heavy atom. The Labute approximate surface area is 99.9 Å². The Morgan fingerprint density at radius 2 is 2.00 bits per heavy atom. The normalized spacial score (nSPS) is 30.5. The molecule has 2 rings (SSSR count). The van der Waals surface area contributed by atoms with Gasteiger partial charge in [-0.1, -0.05) is 0 Å². The summed E-state index contributed by atoms with van der Waals surface area (Å²) in [5, 5.41) is 1.96. The van der Waals surface area contributed by atoms with Crippen molar-refractivity contribution < 1.29 is 22.5 Å². The zero-order valence-electron chi connectivity index (χ0n) is 9.33. The largest absolute Gasteiger partial charge is 0.378 e. The number of carbonyl (C=O) groups is 1. The maximum Gasteiger partial charge on any atom is 0.269 e. The molecule has 0 aliphatic carbocycles. The fourth-order valence-electron chi connectivity index (χ4n) is 2.12. The number of morpholine rings is 1. The van der Waals surface area contributed by atoms with E-state index in [2.05, 4.69) is 5.32 Å². The summed E-state index contributed by atoms with van der Waals surface area (Å²) in [6.45, 7) is 2.22. The zero-order chi connectivity index (χ0) is 12.5. The Hall–Kier alpha value is -0.700. The topological polar surface area (TPSA) is 95.9 Å². The van der Waals surface area contributed by atoms with Gasteiger partial charge in [0.25, 0.3) is 10.1 Å². The summed E-state index contributed by atoms with van der Waals surface area (Å²) in [6, 6.07) is -0.514. The summed E-state index contributed by atoms with van der Waals surface area (Å²) in [5.74, 6) is -0.112. The summed E-state index contributed by atoms with van der Waals surface area (Å²) < 4.78 is 35.9. The number of nitrogens with zero attached hydrogens (tertiary/aromatic N) is 1. The van der Waals surface area contributed by atoms with Crippen molar-refractivity contribution in [3.8, 4) is 0 Å². The van der Waals surface area contributed by atoms with Gasteiger partial charge in [-0.15, -0.1) is 0 Å². The van der Waals surface area contributed by atoms with E-state index in [9.17, 15) is 13.2 Å². The lowest BCUT2D eigenvalue weighted by Gasteiger charge is -2.29. The van der Waals surface area contributed by atoms with E-state index in [0.717, 1.165) is 0 Å². The monoisotopic (exact) mass is 264 g/mol. The zero-order valence-corrected chi connectivity index (χ0v) is 10.1. The van der Waals surface area contributed by atoms with Crippen LogP contribution in [0.4, 0.5) is 0 Å². The highest BCUT2D eigenvalue weighted by molar-refractivity contribution is 7.86. The highest BCUT2D eigenvalue weighted by Crippen LogP contribution is 2.16. The maximum atomic E-state index is 12.0. The molecule has 0 unspecified atom stereocenters. The summed E-state index contributed by atoms with van der Waals surface area (Å²) in [4.78, 5) is 13.7. The number of rotatable bonds is 2. The molecule has 0 aromatic carbocycles. The van der Waals surface area contributed by atoms with Gasteiger partial charge in [0.15, 0.2) is 0 Å². The second kappa shape index (κ2) is 4.89. The minimum Gasteiger partial charge on any atom is -0.378 e. The summed E-state index contributed by atoms with van der Waals surface area (Å²) >= 11 is 0. The number of carbonyl (C=O) groups excluding carboxylic acids is 1.